The summed E-state index contributed by atoms with van der Waals surface area (Å²) in [4.78, 5) is 0. The highest BCUT2D eigenvalue weighted by molar-refractivity contribution is 7.99. The molecule has 7 heteroatoms. The molecule has 2 aromatic carbocycles. The van der Waals surface area contributed by atoms with Gasteiger partial charge in [-0.05, 0) is 42.8 Å². The van der Waals surface area contributed by atoms with Crippen LogP contribution in [0.4, 0.5) is 0 Å². The Labute approximate surface area is 161 Å². The lowest BCUT2D eigenvalue weighted by Crippen LogP contribution is -2.25. The van der Waals surface area contributed by atoms with Gasteiger partial charge in [0, 0.05) is 22.0 Å². The van der Waals surface area contributed by atoms with Crippen LogP contribution in [0, 0.1) is 0 Å². The standard InChI is InChI=1S/C19H18ClN3O2S/c20-15-8-6-14(7-9-15)18-21-22-19(23(18)16-4-2-1-3-5-16)26-12-17-10-11-24-13-25-17/h1-9,17H,10-13H2. The van der Waals surface area contributed by atoms with Gasteiger partial charge in [0.15, 0.2) is 11.0 Å². The Morgan fingerprint density at radius 3 is 2.62 bits per heavy atom. The van der Waals surface area contributed by atoms with Crippen molar-refractivity contribution in [3.8, 4) is 17.1 Å². The first-order valence-corrected chi connectivity index (χ1v) is 9.76. The quantitative estimate of drug-likeness (QED) is 0.605. The van der Waals surface area contributed by atoms with Gasteiger partial charge in [0.25, 0.3) is 0 Å². The van der Waals surface area contributed by atoms with Crippen LogP contribution in [0.1, 0.15) is 6.42 Å². The maximum Gasteiger partial charge on any atom is 0.196 e. The van der Waals surface area contributed by atoms with E-state index in [0.29, 0.717) is 11.8 Å². The third-order valence-electron chi connectivity index (χ3n) is 4.12. The highest BCUT2D eigenvalue weighted by Gasteiger charge is 2.19. The minimum Gasteiger partial charge on any atom is -0.355 e. The van der Waals surface area contributed by atoms with Gasteiger partial charge in [0.1, 0.15) is 6.79 Å². The highest BCUT2D eigenvalue weighted by atomic mass is 35.5. The molecule has 5 nitrogen and oxygen atoms in total. The number of benzene rings is 2. The molecule has 1 saturated heterocycles. The number of aromatic nitrogens is 3. The summed E-state index contributed by atoms with van der Waals surface area (Å²) >= 11 is 7.68. The molecule has 1 atom stereocenters. The molecule has 1 aromatic heterocycles. The largest absolute Gasteiger partial charge is 0.355 e. The van der Waals surface area contributed by atoms with Crippen molar-refractivity contribution in [3.63, 3.8) is 0 Å². The van der Waals surface area contributed by atoms with Crippen molar-refractivity contribution >= 4 is 23.4 Å². The molecule has 0 bridgehead atoms. The fourth-order valence-electron chi connectivity index (χ4n) is 2.76. The second-order valence-corrected chi connectivity index (χ2v) is 7.32. The molecule has 1 aliphatic heterocycles. The van der Waals surface area contributed by atoms with Crippen LogP contribution in [0.3, 0.4) is 0 Å². The van der Waals surface area contributed by atoms with Crippen LogP contribution < -0.4 is 0 Å². The Bertz CT molecular complexity index is 849. The molecule has 0 N–H and O–H groups in total. The summed E-state index contributed by atoms with van der Waals surface area (Å²) in [5, 5.41) is 10.4. The monoisotopic (exact) mass is 387 g/mol. The van der Waals surface area contributed by atoms with Gasteiger partial charge in [-0.2, -0.15) is 0 Å². The molecular weight excluding hydrogens is 370 g/mol. The first kappa shape index (κ1) is 17.5. The van der Waals surface area contributed by atoms with Gasteiger partial charge in [0.2, 0.25) is 0 Å². The first-order chi connectivity index (χ1) is 12.8. The lowest BCUT2D eigenvalue weighted by molar-refractivity contribution is -0.130. The summed E-state index contributed by atoms with van der Waals surface area (Å²) in [6, 6.07) is 17.8. The van der Waals surface area contributed by atoms with E-state index in [1.807, 2.05) is 42.5 Å². The van der Waals surface area contributed by atoms with Gasteiger partial charge in [-0.3, -0.25) is 4.57 Å². The van der Waals surface area contributed by atoms with Gasteiger partial charge >= 0.3 is 0 Å². The molecule has 134 valence electrons. The number of hydrogen-bond donors (Lipinski definition) is 0. The van der Waals surface area contributed by atoms with Crippen molar-refractivity contribution in [1.82, 2.24) is 14.8 Å². The van der Waals surface area contributed by atoms with E-state index in [-0.39, 0.29) is 6.10 Å². The van der Waals surface area contributed by atoms with Crippen LogP contribution in [-0.4, -0.2) is 40.0 Å². The molecular formula is C19H18ClN3O2S. The molecule has 1 aliphatic rings. The zero-order valence-electron chi connectivity index (χ0n) is 14.0. The van der Waals surface area contributed by atoms with Gasteiger partial charge in [-0.1, -0.05) is 41.6 Å². The third-order valence-corrected chi connectivity index (χ3v) is 5.43. The molecule has 0 amide bonds. The van der Waals surface area contributed by atoms with Crippen molar-refractivity contribution in [2.75, 3.05) is 19.2 Å². The van der Waals surface area contributed by atoms with Crippen LogP contribution in [0.2, 0.25) is 5.02 Å². The summed E-state index contributed by atoms with van der Waals surface area (Å²) < 4.78 is 13.0. The Morgan fingerprint density at radius 2 is 1.88 bits per heavy atom. The van der Waals surface area contributed by atoms with Crippen LogP contribution in [0.5, 0.6) is 0 Å². The molecule has 4 rings (SSSR count). The number of para-hydroxylation sites is 1. The predicted octanol–water partition coefficient (Wildman–Crippen LogP) is 4.44. The minimum absolute atomic E-state index is 0.175. The highest BCUT2D eigenvalue weighted by Crippen LogP contribution is 2.29. The molecule has 0 saturated carbocycles. The number of rotatable bonds is 5. The van der Waals surface area contributed by atoms with E-state index in [9.17, 15) is 0 Å². The van der Waals surface area contributed by atoms with Gasteiger partial charge in [-0.15, -0.1) is 10.2 Å². The Hall–Kier alpha value is -1.86. The van der Waals surface area contributed by atoms with E-state index in [1.165, 1.54) is 0 Å². The van der Waals surface area contributed by atoms with Gasteiger partial charge < -0.3 is 9.47 Å². The third kappa shape index (κ3) is 3.94. The van der Waals surface area contributed by atoms with E-state index < -0.39 is 0 Å². The second kappa shape index (κ2) is 8.22. The van der Waals surface area contributed by atoms with E-state index >= 15 is 0 Å². The van der Waals surface area contributed by atoms with Crippen molar-refractivity contribution in [2.45, 2.75) is 17.7 Å². The molecule has 1 fully saturated rings. The summed E-state index contributed by atoms with van der Waals surface area (Å²) in [5.41, 5.74) is 2.00. The van der Waals surface area contributed by atoms with Crippen molar-refractivity contribution in [3.05, 3.63) is 59.6 Å². The fraction of sp³-hybridized carbons (Fsp3) is 0.263. The Balaban J connectivity index is 1.66. The lowest BCUT2D eigenvalue weighted by Gasteiger charge is -2.22. The summed E-state index contributed by atoms with van der Waals surface area (Å²) in [5.74, 6) is 1.61. The zero-order chi connectivity index (χ0) is 17.8. The smallest absolute Gasteiger partial charge is 0.196 e. The van der Waals surface area contributed by atoms with E-state index in [0.717, 1.165) is 41.0 Å². The van der Waals surface area contributed by atoms with E-state index in [1.54, 1.807) is 11.8 Å². The summed E-state index contributed by atoms with van der Waals surface area (Å²) in [6.45, 7) is 1.11. The number of halogens is 1. The fourth-order valence-corrected chi connectivity index (χ4v) is 3.90. The number of ether oxygens (including phenoxy) is 2. The van der Waals surface area contributed by atoms with E-state index in [2.05, 4.69) is 26.9 Å². The average molecular weight is 388 g/mol. The molecule has 3 aromatic rings. The normalized spacial score (nSPS) is 17.3. The average Bonchev–Trinajstić information content (AvgIpc) is 3.12. The molecule has 1 unspecified atom stereocenters. The SMILES string of the molecule is Clc1ccc(-c2nnc(SCC3CCOCO3)n2-c2ccccc2)cc1. The maximum atomic E-state index is 6.03. The van der Waals surface area contributed by atoms with Crippen LogP contribution in [0.15, 0.2) is 59.8 Å². The first-order valence-electron chi connectivity index (χ1n) is 8.40. The topological polar surface area (TPSA) is 49.2 Å². The number of hydrogen-bond acceptors (Lipinski definition) is 5. The zero-order valence-corrected chi connectivity index (χ0v) is 15.6. The van der Waals surface area contributed by atoms with Crippen molar-refractivity contribution < 1.29 is 9.47 Å². The molecule has 0 aliphatic carbocycles. The molecule has 0 radical (unpaired) electrons. The van der Waals surface area contributed by atoms with Crippen LogP contribution in [-0.2, 0) is 9.47 Å². The van der Waals surface area contributed by atoms with Crippen molar-refractivity contribution in [1.29, 1.82) is 0 Å². The Kier molecular flexibility index (Phi) is 5.55. The van der Waals surface area contributed by atoms with Gasteiger partial charge in [-0.25, -0.2) is 0 Å². The molecule has 26 heavy (non-hydrogen) atoms. The lowest BCUT2D eigenvalue weighted by atomic mass is 10.2. The maximum absolute atomic E-state index is 6.03. The van der Waals surface area contributed by atoms with Crippen LogP contribution >= 0.6 is 23.4 Å². The number of thioether (sulfide) groups is 1. The summed E-state index contributed by atoms with van der Waals surface area (Å²) in [7, 11) is 0. The summed E-state index contributed by atoms with van der Waals surface area (Å²) in [6.07, 6.45) is 1.07. The second-order valence-electron chi connectivity index (χ2n) is 5.90. The minimum atomic E-state index is 0.175. The van der Waals surface area contributed by atoms with E-state index in [4.69, 9.17) is 21.1 Å². The Morgan fingerprint density at radius 1 is 1.08 bits per heavy atom. The molecule has 0 spiro atoms. The molecule has 2 heterocycles. The van der Waals surface area contributed by atoms with Crippen molar-refractivity contribution in [2.24, 2.45) is 0 Å². The van der Waals surface area contributed by atoms with Crippen LogP contribution in [0.25, 0.3) is 17.1 Å². The van der Waals surface area contributed by atoms with Gasteiger partial charge in [0.05, 0.1) is 12.7 Å². The predicted molar refractivity (Wildman–Crippen MR) is 103 cm³/mol. The number of nitrogens with zero attached hydrogens (tertiary/aromatic N) is 3.